The van der Waals surface area contributed by atoms with Gasteiger partial charge in [-0.15, -0.1) is 0 Å². The number of fused-ring (bicyclic) bond motifs is 1. The maximum absolute atomic E-state index is 12.9. The Hall–Kier alpha value is -3.88. The highest BCUT2D eigenvalue weighted by atomic mass is 16.4. The fourth-order valence-corrected chi connectivity index (χ4v) is 4.96. The number of nitrogens with one attached hydrogen (secondary N) is 2. The zero-order valence-corrected chi connectivity index (χ0v) is 19.6. The predicted octanol–water partition coefficient (Wildman–Crippen LogP) is 1.95. The maximum atomic E-state index is 12.9. The first kappa shape index (κ1) is 24.3. The second-order valence-electron chi connectivity index (χ2n) is 9.24. The van der Waals surface area contributed by atoms with Crippen LogP contribution in [-0.2, 0) is 29.1 Å². The summed E-state index contributed by atoms with van der Waals surface area (Å²) in [6.07, 6.45) is 1.79. The topological polar surface area (TPSA) is 140 Å². The SMILES string of the molecule is N=C(N)N1Cc2ccc(C(=O)NC[C@@H]3C[C@@H](CC(=O)O)C(=O)N3CCCc3ccccc3)cc2C1. The van der Waals surface area contributed by atoms with Crippen LogP contribution in [0, 0.1) is 11.3 Å². The number of carbonyl (C=O) groups is 3. The van der Waals surface area contributed by atoms with Gasteiger partial charge in [0.1, 0.15) is 0 Å². The molecule has 2 amide bonds. The fraction of sp³-hybridized carbons (Fsp3) is 0.385. The number of carboxylic acids is 1. The standard InChI is InChI=1S/C26H31N5O4/c27-26(28)30-15-19-9-8-18(11-21(19)16-30)24(34)29-14-22-12-20(13-23(32)33)25(35)31(22)10-4-7-17-5-2-1-3-6-17/h1-3,5-6,8-9,11,20,22H,4,7,10,12-16H2,(H3,27,28)(H,29,34)(H,32,33)/t20-,22-/m0/s1. The summed E-state index contributed by atoms with van der Waals surface area (Å²) in [5, 5.41) is 19.8. The number of amides is 2. The summed E-state index contributed by atoms with van der Waals surface area (Å²) >= 11 is 0. The Morgan fingerprint density at radius 2 is 1.86 bits per heavy atom. The Kier molecular flexibility index (Phi) is 7.33. The van der Waals surface area contributed by atoms with E-state index in [-0.39, 0.29) is 36.8 Å². The molecule has 0 bridgehead atoms. The van der Waals surface area contributed by atoms with E-state index in [2.05, 4.69) is 5.32 Å². The van der Waals surface area contributed by atoms with Gasteiger partial charge in [-0.2, -0.15) is 0 Å². The summed E-state index contributed by atoms with van der Waals surface area (Å²) in [6.45, 7) is 1.83. The molecule has 0 saturated carbocycles. The first-order valence-electron chi connectivity index (χ1n) is 11.9. The summed E-state index contributed by atoms with van der Waals surface area (Å²) in [6, 6.07) is 15.2. The largest absolute Gasteiger partial charge is 0.481 e. The van der Waals surface area contributed by atoms with Crippen molar-refractivity contribution in [3.05, 3.63) is 70.8 Å². The van der Waals surface area contributed by atoms with Crippen molar-refractivity contribution >= 4 is 23.7 Å². The Morgan fingerprint density at radius 3 is 2.57 bits per heavy atom. The maximum Gasteiger partial charge on any atom is 0.304 e. The van der Waals surface area contributed by atoms with E-state index in [1.807, 2.05) is 42.5 Å². The van der Waals surface area contributed by atoms with E-state index < -0.39 is 11.9 Å². The zero-order valence-electron chi connectivity index (χ0n) is 19.6. The Labute approximate surface area is 204 Å². The number of carbonyl (C=O) groups excluding carboxylic acids is 2. The molecule has 0 aromatic heterocycles. The molecule has 0 aliphatic carbocycles. The quantitative estimate of drug-likeness (QED) is 0.322. The lowest BCUT2D eigenvalue weighted by Gasteiger charge is -2.25. The number of rotatable bonds is 9. The van der Waals surface area contributed by atoms with Crippen molar-refractivity contribution in [1.29, 1.82) is 5.41 Å². The number of aryl methyl sites for hydroxylation is 1. The monoisotopic (exact) mass is 477 g/mol. The number of guanidine groups is 1. The molecule has 184 valence electrons. The number of aliphatic carboxylic acids is 1. The van der Waals surface area contributed by atoms with Gasteiger partial charge >= 0.3 is 5.97 Å². The third-order valence-corrected chi connectivity index (χ3v) is 6.79. The minimum Gasteiger partial charge on any atom is -0.481 e. The van der Waals surface area contributed by atoms with E-state index in [1.165, 1.54) is 5.56 Å². The first-order valence-corrected chi connectivity index (χ1v) is 11.9. The number of nitrogens with two attached hydrogens (primary N) is 1. The first-order chi connectivity index (χ1) is 16.8. The molecular weight excluding hydrogens is 446 g/mol. The van der Waals surface area contributed by atoms with Gasteiger partial charge < -0.3 is 26.0 Å². The van der Waals surface area contributed by atoms with Gasteiger partial charge in [0, 0.05) is 37.8 Å². The molecule has 2 atom stereocenters. The van der Waals surface area contributed by atoms with Gasteiger partial charge in [0.25, 0.3) is 5.91 Å². The second kappa shape index (κ2) is 10.6. The van der Waals surface area contributed by atoms with E-state index in [0.29, 0.717) is 31.6 Å². The molecule has 1 saturated heterocycles. The molecule has 35 heavy (non-hydrogen) atoms. The van der Waals surface area contributed by atoms with Crippen LogP contribution in [0.3, 0.4) is 0 Å². The molecule has 0 spiro atoms. The summed E-state index contributed by atoms with van der Waals surface area (Å²) in [5.41, 5.74) is 9.29. The van der Waals surface area contributed by atoms with Gasteiger partial charge in [-0.3, -0.25) is 19.8 Å². The highest BCUT2D eigenvalue weighted by molar-refractivity contribution is 5.94. The highest BCUT2D eigenvalue weighted by Crippen LogP contribution is 2.28. The lowest BCUT2D eigenvalue weighted by atomic mass is 10.0. The number of nitrogens with zero attached hydrogens (tertiary/aromatic N) is 2. The van der Waals surface area contributed by atoms with Crippen molar-refractivity contribution in [2.45, 2.75) is 44.8 Å². The van der Waals surface area contributed by atoms with Gasteiger partial charge in [0.2, 0.25) is 5.91 Å². The van der Waals surface area contributed by atoms with Crippen LogP contribution in [0.1, 0.15) is 46.3 Å². The van der Waals surface area contributed by atoms with Crippen molar-refractivity contribution in [3.63, 3.8) is 0 Å². The van der Waals surface area contributed by atoms with E-state index in [1.54, 1.807) is 15.9 Å². The van der Waals surface area contributed by atoms with Crippen LogP contribution >= 0.6 is 0 Å². The molecule has 1 fully saturated rings. The van der Waals surface area contributed by atoms with Gasteiger partial charge in [-0.1, -0.05) is 36.4 Å². The Bertz CT molecular complexity index is 1120. The summed E-state index contributed by atoms with van der Waals surface area (Å²) < 4.78 is 0. The molecule has 2 aromatic rings. The Balaban J connectivity index is 1.37. The molecule has 2 aliphatic heterocycles. The number of hydrogen-bond donors (Lipinski definition) is 4. The van der Waals surface area contributed by atoms with Crippen LogP contribution in [0.5, 0.6) is 0 Å². The van der Waals surface area contributed by atoms with Crippen molar-refractivity contribution in [1.82, 2.24) is 15.1 Å². The average Bonchev–Trinajstić information content (AvgIpc) is 3.39. The number of hydrogen-bond acceptors (Lipinski definition) is 4. The van der Waals surface area contributed by atoms with Gasteiger partial charge in [0.15, 0.2) is 5.96 Å². The minimum absolute atomic E-state index is 0.00127. The van der Waals surface area contributed by atoms with Crippen LogP contribution < -0.4 is 11.1 Å². The van der Waals surface area contributed by atoms with E-state index >= 15 is 0 Å². The van der Waals surface area contributed by atoms with Crippen molar-refractivity contribution in [2.75, 3.05) is 13.1 Å². The summed E-state index contributed by atoms with van der Waals surface area (Å²) in [7, 11) is 0. The van der Waals surface area contributed by atoms with Crippen molar-refractivity contribution < 1.29 is 19.5 Å². The molecule has 4 rings (SSSR count). The second-order valence-corrected chi connectivity index (χ2v) is 9.24. The molecule has 2 aromatic carbocycles. The number of likely N-dealkylation sites (tertiary alicyclic amines) is 1. The molecule has 2 aliphatic rings. The van der Waals surface area contributed by atoms with Crippen LogP contribution in [0.4, 0.5) is 0 Å². The van der Waals surface area contributed by atoms with E-state index in [0.717, 1.165) is 24.0 Å². The average molecular weight is 478 g/mol. The minimum atomic E-state index is -0.991. The summed E-state index contributed by atoms with van der Waals surface area (Å²) in [4.78, 5) is 40.5. The third-order valence-electron chi connectivity index (χ3n) is 6.79. The van der Waals surface area contributed by atoms with Crippen molar-refractivity contribution in [2.24, 2.45) is 11.7 Å². The van der Waals surface area contributed by atoms with Gasteiger partial charge in [0.05, 0.1) is 12.3 Å². The highest BCUT2D eigenvalue weighted by Gasteiger charge is 2.40. The molecule has 5 N–H and O–H groups in total. The zero-order chi connectivity index (χ0) is 24.9. The molecule has 2 heterocycles. The molecule has 9 heteroatoms. The van der Waals surface area contributed by atoms with Gasteiger partial charge in [-0.25, -0.2) is 0 Å². The third kappa shape index (κ3) is 5.79. The Morgan fingerprint density at radius 1 is 1.11 bits per heavy atom. The predicted molar refractivity (Wildman–Crippen MR) is 131 cm³/mol. The molecule has 0 unspecified atom stereocenters. The smallest absolute Gasteiger partial charge is 0.304 e. The van der Waals surface area contributed by atoms with Gasteiger partial charge in [-0.05, 0) is 48.1 Å². The molecule has 0 radical (unpaired) electrons. The lowest BCUT2D eigenvalue weighted by Crippen LogP contribution is -2.42. The normalized spacial score (nSPS) is 19.0. The number of carboxylic acid groups (broad SMARTS) is 1. The summed E-state index contributed by atoms with van der Waals surface area (Å²) in [5.74, 6) is -1.95. The molecule has 9 nitrogen and oxygen atoms in total. The lowest BCUT2D eigenvalue weighted by molar-refractivity contribution is -0.142. The molecular formula is C26H31N5O4. The van der Waals surface area contributed by atoms with E-state index in [9.17, 15) is 19.5 Å². The van der Waals surface area contributed by atoms with Crippen LogP contribution in [0.2, 0.25) is 0 Å². The van der Waals surface area contributed by atoms with Crippen molar-refractivity contribution in [3.8, 4) is 0 Å². The van der Waals surface area contributed by atoms with Crippen LogP contribution in [-0.4, -0.2) is 57.8 Å². The van der Waals surface area contributed by atoms with Crippen LogP contribution in [0.15, 0.2) is 48.5 Å². The number of benzene rings is 2. The fourth-order valence-electron chi connectivity index (χ4n) is 4.96. The van der Waals surface area contributed by atoms with Crippen LogP contribution in [0.25, 0.3) is 0 Å². The van der Waals surface area contributed by atoms with E-state index in [4.69, 9.17) is 11.1 Å².